The molecule has 0 aromatic heterocycles. The zero-order valence-corrected chi connectivity index (χ0v) is 14.5. The maximum absolute atomic E-state index is 5.50. The van der Waals surface area contributed by atoms with Crippen LogP contribution in [0.15, 0.2) is 34.3 Å². The van der Waals surface area contributed by atoms with Crippen LogP contribution in [0, 0.1) is 27.7 Å². The van der Waals surface area contributed by atoms with E-state index in [1.54, 1.807) is 0 Å². The lowest BCUT2D eigenvalue weighted by molar-refractivity contribution is 1.29. The third kappa shape index (κ3) is 3.65. The van der Waals surface area contributed by atoms with E-state index in [1.165, 1.54) is 0 Å². The Balaban J connectivity index is 2.58. The Bertz CT molecular complexity index is 723. The van der Waals surface area contributed by atoms with Gasteiger partial charge in [0.2, 0.25) is 0 Å². The van der Waals surface area contributed by atoms with Crippen molar-refractivity contribution in [3.05, 3.63) is 46.5 Å². The number of nitrogens with two attached hydrogens (primary N) is 4. The molecule has 0 aliphatic rings. The SMILES string of the molecule is Cc1cc(-c2cc(C)c(N=C(N)N)c(C)c2)cc(C)c1N=C(N)N. The molecule has 0 fully saturated rings. The van der Waals surface area contributed by atoms with E-state index in [-0.39, 0.29) is 11.9 Å². The molecule has 0 radical (unpaired) electrons. The quantitative estimate of drug-likeness (QED) is 0.510. The summed E-state index contributed by atoms with van der Waals surface area (Å²) >= 11 is 0. The van der Waals surface area contributed by atoms with E-state index >= 15 is 0 Å². The van der Waals surface area contributed by atoms with Crippen LogP contribution >= 0.6 is 0 Å². The normalized spacial score (nSPS) is 10.3. The average Bonchev–Trinajstić information content (AvgIpc) is 2.45. The van der Waals surface area contributed by atoms with E-state index in [1.807, 2.05) is 27.7 Å². The van der Waals surface area contributed by atoms with Gasteiger partial charge in [0.1, 0.15) is 0 Å². The molecule has 0 heterocycles. The van der Waals surface area contributed by atoms with Crippen molar-refractivity contribution in [2.45, 2.75) is 27.7 Å². The van der Waals surface area contributed by atoms with Crippen LogP contribution in [-0.4, -0.2) is 11.9 Å². The molecule has 0 atom stereocenters. The van der Waals surface area contributed by atoms with Crippen molar-refractivity contribution < 1.29 is 0 Å². The summed E-state index contributed by atoms with van der Waals surface area (Å²) in [6.07, 6.45) is 0. The number of hydrogen-bond acceptors (Lipinski definition) is 2. The predicted octanol–water partition coefficient (Wildman–Crippen LogP) is 2.40. The van der Waals surface area contributed by atoms with Crippen molar-refractivity contribution in [3.63, 3.8) is 0 Å². The highest BCUT2D eigenvalue weighted by Gasteiger charge is 2.10. The number of aryl methyl sites for hydroxylation is 4. The van der Waals surface area contributed by atoms with Gasteiger partial charge in [0.25, 0.3) is 0 Å². The molecule has 6 heteroatoms. The molecule has 0 aliphatic heterocycles. The summed E-state index contributed by atoms with van der Waals surface area (Å²) in [5.41, 5.74) is 29.9. The highest BCUT2D eigenvalue weighted by atomic mass is 15.0. The van der Waals surface area contributed by atoms with Crippen molar-refractivity contribution in [1.82, 2.24) is 0 Å². The van der Waals surface area contributed by atoms with Crippen molar-refractivity contribution >= 4 is 23.3 Å². The molecule has 0 saturated heterocycles. The fourth-order valence-corrected chi connectivity index (χ4v) is 2.86. The van der Waals surface area contributed by atoms with Gasteiger partial charge in [0, 0.05) is 0 Å². The zero-order chi connectivity index (χ0) is 18.0. The number of aliphatic imine (C=N–C) groups is 2. The van der Waals surface area contributed by atoms with Gasteiger partial charge in [-0.3, -0.25) is 0 Å². The van der Waals surface area contributed by atoms with Crippen LogP contribution in [0.2, 0.25) is 0 Å². The molecule has 0 amide bonds. The zero-order valence-electron chi connectivity index (χ0n) is 14.5. The standard InChI is InChI=1S/C18H24N6/c1-9-5-13(6-10(2)15(9)23-17(19)20)14-7-11(3)16(12(4)8-14)24-18(21)22/h5-8H,1-4H3,(H4,19,20,23)(H4,21,22,24). The molecule has 0 bridgehead atoms. The lowest BCUT2D eigenvalue weighted by atomic mass is 9.95. The third-order valence-electron chi connectivity index (χ3n) is 3.80. The molecule has 2 rings (SSSR count). The lowest BCUT2D eigenvalue weighted by Gasteiger charge is -2.13. The highest BCUT2D eigenvalue weighted by molar-refractivity contribution is 5.83. The molecule has 8 N–H and O–H groups in total. The van der Waals surface area contributed by atoms with Crippen LogP contribution in [0.4, 0.5) is 11.4 Å². The van der Waals surface area contributed by atoms with Gasteiger partial charge in [0.05, 0.1) is 11.4 Å². The summed E-state index contributed by atoms with van der Waals surface area (Å²) in [5.74, 6) is 0.115. The highest BCUT2D eigenvalue weighted by Crippen LogP contribution is 2.34. The van der Waals surface area contributed by atoms with E-state index < -0.39 is 0 Å². The van der Waals surface area contributed by atoms with Crippen LogP contribution in [0.5, 0.6) is 0 Å². The fraction of sp³-hybridized carbons (Fsp3) is 0.222. The molecule has 0 aliphatic carbocycles. The lowest BCUT2D eigenvalue weighted by Crippen LogP contribution is -2.22. The smallest absolute Gasteiger partial charge is 0.191 e. The molecular weight excluding hydrogens is 300 g/mol. The first kappa shape index (κ1) is 17.3. The van der Waals surface area contributed by atoms with Crippen LogP contribution < -0.4 is 22.9 Å². The van der Waals surface area contributed by atoms with Gasteiger partial charge >= 0.3 is 0 Å². The van der Waals surface area contributed by atoms with Crippen LogP contribution in [-0.2, 0) is 0 Å². The van der Waals surface area contributed by atoms with Crippen molar-refractivity contribution in [2.24, 2.45) is 32.9 Å². The number of guanidine groups is 2. The number of nitrogens with zero attached hydrogens (tertiary/aromatic N) is 2. The summed E-state index contributed by atoms with van der Waals surface area (Å²) in [6, 6.07) is 8.29. The van der Waals surface area contributed by atoms with Crippen molar-refractivity contribution in [1.29, 1.82) is 0 Å². The summed E-state index contributed by atoms with van der Waals surface area (Å²) in [6.45, 7) is 7.97. The maximum Gasteiger partial charge on any atom is 0.191 e. The maximum atomic E-state index is 5.50. The van der Waals surface area contributed by atoms with Crippen LogP contribution in [0.25, 0.3) is 11.1 Å². The van der Waals surface area contributed by atoms with Gasteiger partial charge in [-0.25, -0.2) is 9.98 Å². The first-order valence-corrected chi connectivity index (χ1v) is 7.61. The molecular formula is C18H24N6. The number of hydrogen-bond donors (Lipinski definition) is 4. The topological polar surface area (TPSA) is 129 Å². The molecule has 24 heavy (non-hydrogen) atoms. The van der Waals surface area contributed by atoms with E-state index in [2.05, 4.69) is 34.3 Å². The van der Waals surface area contributed by atoms with Gasteiger partial charge < -0.3 is 22.9 Å². The minimum Gasteiger partial charge on any atom is -0.370 e. The molecule has 6 nitrogen and oxygen atoms in total. The summed E-state index contributed by atoms with van der Waals surface area (Å²) in [4.78, 5) is 8.40. The van der Waals surface area contributed by atoms with Crippen molar-refractivity contribution in [2.75, 3.05) is 0 Å². The Morgan fingerprint density at radius 1 is 0.583 bits per heavy atom. The monoisotopic (exact) mass is 324 g/mol. The Hall–Kier alpha value is -3.02. The molecule has 0 unspecified atom stereocenters. The van der Waals surface area contributed by atoms with E-state index in [0.717, 1.165) is 44.8 Å². The van der Waals surface area contributed by atoms with Crippen LogP contribution in [0.3, 0.4) is 0 Å². The van der Waals surface area contributed by atoms with Gasteiger partial charge in [-0.2, -0.15) is 0 Å². The first-order valence-electron chi connectivity index (χ1n) is 7.61. The van der Waals surface area contributed by atoms with Gasteiger partial charge in [-0.15, -0.1) is 0 Å². The van der Waals surface area contributed by atoms with Gasteiger partial charge in [-0.1, -0.05) is 0 Å². The van der Waals surface area contributed by atoms with E-state index in [0.29, 0.717) is 0 Å². The van der Waals surface area contributed by atoms with Crippen LogP contribution in [0.1, 0.15) is 22.3 Å². The Kier molecular flexibility index (Phi) is 4.78. The summed E-state index contributed by atoms with van der Waals surface area (Å²) < 4.78 is 0. The molecule has 126 valence electrons. The second kappa shape index (κ2) is 6.62. The predicted molar refractivity (Wildman–Crippen MR) is 102 cm³/mol. The van der Waals surface area contributed by atoms with Crippen molar-refractivity contribution in [3.8, 4) is 11.1 Å². The summed E-state index contributed by atoms with van der Waals surface area (Å²) in [7, 11) is 0. The Labute approximate surface area is 142 Å². The molecule has 0 spiro atoms. The van der Waals surface area contributed by atoms with Gasteiger partial charge in [-0.05, 0) is 85.3 Å². The second-order valence-corrected chi connectivity index (χ2v) is 5.99. The number of benzene rings is 2. The Morgan fingerprint density at radius 3 is 1.04 bits per heavy atom. The molecule has 2 aromatic rings. The molecule has 2 aromatic carbocycles. The van der Waals surface area contributed by atoms with E-state index in [9.17, 15) is 0 Å². The average molecular weight is 324 g/mol. The van der Waals surface area contributed by atoms with E-state index in [4.69, 9.17) is 22.9 Å². The minimum atomic E-state index is 0.0576. The number of rotatable bonds is 3. The first-order chi connectivity index (χ1) is 11.2. The third-order valence-corrected chi connectivity index (χ3v) is 3.80. The minimum absolute atomic E-state index is 0.0576. The largest absolute Gasteiger partial charge is 0.370 e. The Morgan fingerprint density at radius 2 is 0.833 bits per heavy atom. The summed E-state index contributed by atoms with van der Waals surface area (Å²) in [5, 5.41) is 0. The molecule has 0 saturated carbocycles. The second-order valence-electron chi connectivity index (χ2n) is 5.99. The fourth-order valence-electron chi connectivity index (χ4n) is 2.86. The van der Waals surface area contributed by atoms with Gasteiger partial charge in [0.15, 0.2) is 11.9 Å².